The van der Waals surface area contributed by atoms with Crippen LogP contribution >= 0.6 is 34.8 Å². The summed E-state index contributed by atoms with van der Waals surface area (Å²) < 4.78 is 40.3. The van der Waals surface area contributed by atoms with Crippen molar-refractivity contribution >= 4 is 62.3 Å². The van der Waals surface area contributed by atoms with E-state index < -0.39 is 40.2 Å². The van der Waals surface area contributed by atoms with Crippen molar-refractivity contribution in [3.8, 4) is 0 Å². The standard InChI is InChI=1S/C29H31Cl3FN3O4S/c1-4-19(2)34-29(38)27(15-20-8-6-5-7-9-20)35(17-21-10-12-23(30)24(31)14-21)28(37)18-36(41(3,39)40)22-11-13-26(33)25(32)16-22/h5-14,16,19,27H,4,15,17-18H2,1-3H3,(H,34,38). The van der Waals surface area contributed by atoms with Crippen molar-refractivity contribution in [2.45, 2.75) is 45.3 Å². The third kappa shape index (κ3) is 9.07. The van der Waals surface area contributed by atoms with E-state index in [1.165, 1.54) is 11.0 Å². The predicted octanol–water partition coefficient (Wildman–Crippen LogP) is 6.11. The van der Waals surface area contributed by atoms with Gasteiger partial charge in [-0.05, 0) is 54.8 Å². The minimum absolute atomic E-state index is 0.00500. The first-order valence-corrected chi connectivity index (χ1v) is 15.8. The molecule has 0 heterocycles. The Labute approximate surface area is 255 Å². The van der Waals surface area contributed by atoms with Crippen LogP contribution in [0.5, 0.6) is 0 Å². The molecular weight excluding hydrogens is 612 g/mol. The van der Waals surface area contributed by atoms with Gasteiger partial charge in [-0.25, -0.2) is 12.8 Å². The van der Waals surface area contributed by atoms with E-state index in [0.29, 0.717) is 17.0 Å². The molecule has 0 aromatic heterocycles. The molecule has 12 heteroatoms. The third-order valence-electron chi connectivity index (χ3n) is 6.48. The van der Waals surface area contributed by atoms with Crippen molar-refractivity contribution in [3.05, 3.63) is 98.7 Å². The van der Waals surface area contributed by atoms with Crippen LogP contribution in [0.1, 0.15) is 31.4 Å². The van der Waals surface area contributed by atoms with Gasteiger partial charge in [0.05, 0.1) is 27.0 Å². The van der Waals surface area contributed by atoms with E-state index in [1.54, 1.807) is 18.2 Å². The van der Waals surface area contributed by atoms with Crippen molar-refractivity contribution in [1.82, 2.24) is 10.2 Å². The molecule has 0 aliphatic rings. The van der Waals surface area contributed by atoms with Gasteiger partial charge in [-0.2, -0.15) is 0 Å². The molecule has 0 fully saturated rings. The summed E-state index contributed by atoms with van der Waals surface area (Å²) in [6, 6.07) is 16.2. The molecular formula is C29H31Cl3FN3O4S. The highest BCUT2D eigenvalue weighted by atomic mass is 35.5. The molecule has 1 N–H and O–H groups in total. The van der Waals surface area contributed by atoms with Crippen LogP contribution in [-0.2, 0) is 32.6 Å². The Hall–Kier alpha value is -2.85. The van der Waals surface area contributed by atoms with Gasteiger partial charge >= 0.3 is 0 Å². The molecule has 41 heavy (non-hydrogen) atoms. The van der Waals surface area contributed by atoms with Crippen LogP contribution in [0.15, 0.2) is 66.7 Å². The Morgan fingerprint density at radius 1 is 0.927 bits per heavy atom. The van der Waals surface area contributed by atoms with Crippen LogP contribution in [0.25, 0.3) is 0 Å². The Bertz CT molecular complexity index is 1490. The normalized spacial score (nSPS) is 12.9. The molecule has 0 aliphatic carbocycles. The minimum atomic E-state index is -4.02. The van der Waals surface area contributed by atoms with Crippen LogP contribution in [0.4, 0.5) is 10.1 Å². The number of amides is 2. The molecule has 2 unspecified atom stereocenters. The first kappa shape index (κ1) is 32.7. The lowest BCUT2D eigenvalue weighted by Crippen LogP contribution is -2.54. The van der Waals surface area contributed by atoms with Crippen LogP contribution in [0, 0.1) is 5.82 Å². The predicted molar refractivity (Wildman–Crippen MR) is 162 cm³/mol. The van der Waals surface area contributed by atoms with Crippen LogP contribution in [-0.4, -0.2) is 50.0 Å². The molecule has 2 amide bonds. The second kappa shape index (κ2) is 14.4. The number of halogens is 4. The van der Waals surface area contributed by atoms with Gasteiger partial charge in [0.25, 0.3) is 0 Å². The zero-order valence-corrected chi connectivity index (χ0v) is 25.9. The van der Waals surface area contributed by atoms with Crippen molar-refractivity contribution < 1.29 is 22.4 Å². The van der Waals surface area contributed by atoms with Gasteiger partial charge in [0.15, 0.2) is 0 Å². The van der Waals surface area contributed by atoms with Gasteiger partial charge in [-0.1, -0.05) is 78.1 Å². The molecule has 0 spiro atoms. The Morgan fingerprint density at radius 3 is 2.20 bits per heavy atom. The number of sulfonamides is 1. The third-order valence-corrected chi connectivity index (χ3v) is 8.65. The highest BCUT2D eigenvalue weighted by molar-refractivity contribution is 7.92. The second-order valence-electron chi connectivity index (χ2n) is 9.66. The number of carbonyl (C=O) groups excluding carboxylic acids is 2. The molecule has 0 radical (unpaired) electrons. The summed E-state index contributed by atoms with van der Waals surface area (Å²) in [6.07, 6.45) is 1.76. The van der Waals surface area contributed by atoms with E-state index in [4.69, 9.17) is 34.8 Å². The summed E-state index contributed by atoms with van der Waals surface area (Å²) in [5.74, 6) is -1.80. The molecule has 220 valence electrons. The van der Waals surface area contributed by atoms with Gasteiger partial charge in [0.1, 0.15) is 18.4 Å². The van der Waals surface area contributed by atoms with E-state index in [0.717, 1.165) is 28.3 Å². The molecule has 3 aromatic carbocycles. The van der Waals surface area contributed by atoms with Gasteiger partial charge in [0, 0.05) is 19.0 Å². The van der Waals surface area contributed by atoms with Gasteiger partial charge in [-0.15, -0.1) is 0 Å². The average Bonchev–Trinajstić information content (AvgIpc) is 2.92. The fourth-order valence-corrected chi connectivity index (χ4v) is 5.42. The van der Waals surface area contributed by atoms with E-state index in [1.807, 2.05) is 44.2 Å². The SMILES string of the molecule is CCC(C)NC(=O)C(Cc1ccccc1)N(Cc1ccc(Cl)c(Cl)c1)C(=O)CN(c1ccc(F)c(Cl)c1)S(C)(=O)=O. The number of nitrogens with one attached hydrogen (secondary N) is 1. The molecule has 3 aromatic rings. The van der Waals surface area contributed by atoms with E-state index in [-0.39, 0.29) is 34.7 Å². The molecule has 7 nitrogen and oxygen atoms in total. The topological polar surface area (TPSA) is 86.8 Å². The van der Waals surface area contributed by atoms with Gasteiger partial charge in [-0.3, -0.25) is 13.9 Å². The lowest BCUT2D eigenvalue weighted by Gasteiger charge is -2.34. The number of nitrogens with zero attached hydrogens (tertiary/aromatic N) is 2. The van der Waals surface area contributed by atoms with Gasteiger partial charge < -0.3 is 10.2 Å². The molecule has 0 aliphatic heterocycles. The minimum Gasteiger partial charge on any atom is -0.352 e. The summed E-state index contributed by atoms with van der Waals surface area (Å²) in [5, 5.41) is 3.23. The maximum Gasteiger partial charge on any atom is 0.244 e. The zero-order valence-electron chi connectivity index (χ0n) is 22.8. The maximum atomic E-state index is 14.0. The highest BCUT2D eigenvalue weighted by Gasteiger charge is 2.33. The van der Waals surface area contributed by atoms with Crippen LogP contribution < -0.4 is 9.62 Å². The maximum absolute atomic E-state index is 14.0. The monoisotopic (exact) mass is 641 g/mol. The number of carbonyl (C=O) groups is 2. The zero-order chi connectivity index (χ0) is 30.3. The van der Waals surface area contributed by atoms with Crippen molar-refractivity contribution in [1.29, 1.82) is 0 Å². The number of benzene rings is 3. The molecule has 0 bridgehead atoms. The molecule has 3 rings (SSSR count). The van der Waals surface area contributed by atoms with E-state index in [2.05, 4.69) is 5.32 Å². The summed E-state index contributed by atoms with van der Waals surface area (Å²) in [7, 11) is -4.02. The average molecular weight is 643 g/mol. The van der Waals surface area contributed by atoms with Crippen LogP contribution in [0.3, 0.4) is 0 Å². The quantitative estimate of drug-likeness (QED) is 0.259. The number of rotatable bonds is 12. The van der Waals surface area contributed by atoms with Crippen molar-refractivity contribution in [3.63, 3.8) is 0 Å². The number of hydrogen-bond acceptors (Lipinski definition) is 4. The summed E-state index contributed by atoms with van der Waals surface area (Å²) in [6.45, 7) is 3.05. The molecule has 2 atom stereocenters. The second-order valence-corrected chi connectivity index (χ2v) is 12.8. The first-order chi connectivity index (χ1) is 19.3. The summed E-state index contributed by atoms with van der Waals surface area (Å²) in [5.41, 5.74) is 1.39. The molecule has 0 saturated carbocycles. The summed E-state index contributed by atoms with van der Waals surface area (Å²) >= 11 is 18.3. The Kier molecular flexibility index (Phi) is 11.4. The molecule has 0 saturated heterocycles. The smallest absolute Gasteiger partial charge is 0.244 e. The lowest BCUT2D eigenvalue weighted by atomic mass is 10.0. The van der Waals surface area contributed by atoms with Crippen molar-refractivity contribution in [2.75, 3.05) is 17.1 Å². The van der Waals surface area contributed by atoms with Crippen LogP contribution in [0.2, 0.25) is 15.1 Å². The Balaban J connectivity index is 2.09. The van der Waals surface area contributed by atoms with E-state index in [9.17, 15) is 22.4 Å². The fraction of sp³-hybridized carbons (Fsp3) is 0.310. The lowest BCUT2D eigenvalue weighted by molar-refractivity contribution is -0.140. The fourth-order valence-electron chi connectivity index (χ4n) is 4.08. The highest BCUT2D eigenvalue weighted by Crippen LogP contribution is 2.27. The largest absolute Gasteiger partial charge is 0.352 e. The number of anilines is 1. The first-order valence-electron chi connectivity index (χ1n) is 12.8. The van der Waals surface area contributed by atoms with Crippen molar-refractivity contribution in [2.24, 2.45) is 0 Å². The summed E-state index contributed by atoms with van der Waals surface area (Å²) in [4.78, 5) is 29.0. The Morgan fingerprint density at radius 2 is 1.61 bits per heavy atom. The number of hydrogen-bond donors (Lipinski definition) is 1. The van der Waals surface area contributed by atoms with E-state index >= 15 is 0 Å². The van der Waals surface area contributed by atoms with Gasteiger partial charge in [0.2, 0.25) is 21.8 Å².